The van der Waals surface area contributed by atoms with Crippen molar-refractivity contribution >= 4 is 5.91 Å². The van der Waals surface area contributed by atoms with E-state index >= 15 is 0 Å². The minimum atomic E-state index is -0.159. The summed E-state index contributed by atoms with van der Waals surface area (Å²) in [6.45, 7) is 8.64. The summed E-state index contributed by atoms with van der Waals surface area (Å²) < 4.78 is 1.98. The van der Waals surface area contributed by atoms with E-state index in [4.69, 9.17) is 0 Å². The molecule has 6 heteroatoms. The lowest BCUT2D eigenvalue weighted by Gasteiger charge is -2.09. The Morgan fingerprint density at radius 1 is 1.47 bits per heavy atom. The van der Waals surface area contributed by atoms with Gasteiger partial charge in [-0.2, -0.15) is 5.10 Å². The van der Waals surface area contributed by atoms with E-state index in [2.05, 4.69) is 34.2 Å². The topological polar surface area (TPSA) is 75.6 Å². The number of nitrogens with zero attached hydrogens (tertiary/aromatic N) is 3. The van der Waals surface area contributed by atoms with Crippen molar-refractivity contribution in [3.05, 3.63) is 35.2 Å². The molecule has 0 atom stereocenters. The van der Waals surface area contributed by atoms with Crippen LogP contribution in [0.3, 0.4) is 0 Å². The van der Waals surface area contributed by atoms with Crippen LogP contribution >= 0.6 is 0 Å². The van der Waals surface area contributed by atoms with Crippen LogP contribution in [0.5, 0.6) is 0 Å². The van der Waals surface area contributed by atoms with Gasteiger partial charge in [0, 0.05) is 23.8 Å². The van der Waals surface area contributed by atoms with Crippen molar-refractivity contribution in [2.45, 2.75) is 40.3 Å². The van der Waals surface area contributed by atoms with Crippen molar-refractivity contribution in [2.24, 2.45) is 0 Å². The minimum absolute atomic E-state index is 0.159. The van der Waals surface area contributed by atoms with Gasteiger partial charge < -0.3 is 10.3 Å². The number of aryl methyl sites for hydroxylation is 1. The summed E-state index contributed by atoms with van der Waals surface area (Å²) in [6.07, 6.45) is 2.99. The molecule has 0 saturated heterocycles. The van der Waals surface area contributed by atoms with Crippen LogP contribution in [0.4, 0.5) is 0 Å². The Labute approximate surface area is 112 Å². The first-order valence-corrected chi connectivity index (χ1v) is 6.32. The van der Waals surface area contributed by atoms with E-state index < -0.39 is 0 Å². The summed E-state index contributed by atoms with van der Waals surface area (Å²) in [7, 11) is 0. The van der Waals surface area contributed by atoms with Gasteiger partial charge >= 0.3 is 0 Å². The molecule has 0 radical (unpaired) electrons. The molecule has 2 heterocycles. The zero-order valence-corrected chi connectivity index (χ0v) is 11.7. The molecule has 0 aliphatic rings. The maximum Gasteiger partial charge on any atom is 0.269 e. The molecule has 19 heavy (non-hydrogen) atoms. The molecule has 0 fully saturated rings. The minimum Gasteiger partial charge on any atom is -0.347 e. The highest BCUT2D eigenvalue weighted by Crippen LogP contribution is 2.16. The Hall–Kier alpha value is -2.11. The molecule has 2 aromatic heterocycles. The van der Waals surface area contributed by atoms with Gasteiger partial charge in [-0.25, -0.2) is 4.98 Å². The standard InChI is InChI=1S/C13H19N5O/c1-8(2)18-10(4)11(9(3)17-18)5-15-13(19)12-6-14-7-16-12/h6-8H,5H2,1-4H3,(H,14,16)(H,15,19). The lowest BCUT2D eigenvalue weighted by Crippen LogP contribution is -2.23. The fourth-order valence-electron chi connectivity index (χ4n) is 2.10. The number of aromatic nitrogens is 4. The molecule has 1 amide bonds. The fraction of sp³-hybridized carbons (Fsp3) is 0.462. The van der Waals surface area contributed by atoms with Crippen LogP contribution in [0.2, 0.25) is 0 Å². The van der Waals surface area contributed by atoms with E-state index in [1.807, 2.05) is 18.5 Å². The van der Waals surface area contributed by atoms with Crippen molar-refractivity contribution in [1.29, 1.82) is 0 Å². The third kappa shape index (κ3) is 2.67. The van der Waals surface area contributed by atoms with Crippen LogP contribution in [-0.2, 0) is 6.54 Å². The van der Waals surface area contributed by atoms with Gasteiger partial charge in [0.05, 0.1) is 18.2 Å². The Morgan fingerprint density at radius 2 is 2.21 bits per heavy atom. The maximum atomic E-state index is 11.8. The van der Waals surface area contributed by atoms with Crippen LogP contribution in [0, 0.1) is 13.8 Å². The van der Waals surface area contributed by atoms with Crippen molar-refractivity contribution < 1.29 is 4.79 Å². The third-order valence-corrected chi connectivity index (χ3v) is 3.13. The van der Waals surface area contributed by atoms with Crippen LogP contribution in [0.25, 0.3) is 0 Å². The Morgan fingerprint density at radius 3 is 2.74 bits per heavy atom. The summed E-state index contributed by atoms with van der Waals surface area (Å²) >= 11 is 0. The predicted octanol–water partition coefficient (Wildman–Crippen LogP) is 1.73. The van der Waals surface area contributed by atoms with Crippen molar-refractivity contribution in [3.8, 4) is 0 Å². The third-order valence-electron chi connectivity index (χ3n) is 3.13. The molecule has 0 saturated carbocycles. The summed E-state index contributed by atoms with van der Waals surface area (Å²) in [5.41, 5.74) is 3.58. The average molecular weight is 261 g/mol. The van der Waals surface area contributed by atoms with E-state index in [1.54, 1.807) is 0 Å². The summed E-state index contributed by atoms with van der Waals surface area (Å²) in [6, 6.07) is 0.316. The quantitative estimate of drug-likeness (QED) is 0.880. The molecule has 2 aromatic rings. The molecular weight excluding hydrogens is 242 g/mol. The van der Waals surface area contributed by atoms with E-state index in [1.165, 1.54) is 12.5 Å². The number of hydrogen-bond donors (Lipinski definition) is 2. The number of hydrogen-bond acceptors (Lipinski definition) is 3. The lowest BCUT2D eigenvalue weighted by molar-refractivity contribution is 0.0946. The number of nitrogens with one attached hydrogen (secondary N) is 2. The lowest BCUT2D eigenvalue weighted by atomic mass is 10.2. The smallest absolute Gasteiger partial charge is 0.269 e. The molecule has 0 spiro atoms. The highest BCUT2D eigenvalue weighted by molar-refractivity contribution is 5.91. The second kappa shape index (κ2) is 5.26. The molecule has 2 rings (SSSR count). The van der Waals surface area contributed by atoms with E-state index in [0.717, 1.165) is 17.0 Å². The second-order valence-corrected chi connectivity index (χ2v) is 4.84. The number of aromatic amines is 1. The van der Waals surface area contributed by atoms with Gasteiger partial charge in [-0.05, 0) is 27.7 Å². The number of H-pyrrole nitrogens is 1. The van der Waals surface area contributed by atoms with Gasteiger partial charge in [0.25, 0.3) is 5.91 Å². The average Bonchev–Trinajstić information content (AvgIpc) is 2.96. The SMILES string of the molecule is Cc1nn(C(C)C)c(C)c1CNC(=O)c1cnc[nH]1. The van der Waals surface area contributed by atoms with Crippen LogP contribution < -0.4 is 5.32 Å². The molecular formula is C13H19N5O. The van der Waals surface area contributed by atoms with Crippen LogP contribution in [0.15, 0.2) is 12.5 Å². The number of imidazole rings is 1. The summed E-state index contributed by atoms with van der Waals surface area (Å²) in [5.74, 6) is -0.159. The fourth-order valence-corrected chi connectivity index (χ4v) is 2.10. The van der Waals surface area contributed by atoms with Gasteiger partial charge in [0.15, 0.2) is 0 Å². The van der Waals surface area contributed by atoms with E-state index in [-0.39, 0.29) is 5.91 Å². The maximum absolute atomic E-state index is 11.8. The van der Waals surface area contributed by atoms with E-state index in [0.29, 0.717) is 18.3 Å². The van der Waals surface area contributed by atoms with Gasteiger partial charge in [-0.3, -0.25) is 9.48 Å². The van der Waals surface area contributed by atoms with Crippen LogP contribution in [0.1, 0.15) is 47.3 Å². The number of amides is 1. The van der Waals surface area contributed by atoms with Gasteiger partial charge in [-0.15, -0.1) is 0 Å². The van der Waals surface area contributed by atoms with Crippen molar-refractivity contribution in [3.63, 3.8) is 0 Å². The normalized spacial score (nSPS) is 11.0. The van der Waals surface area contributed by atoms with Crippen molar-refractivity contribution in [2.75, 3.05) is 0 Å². The predicted molar refractivity (Wildman–Crippen MR) is 71.8 cm³/mol. The monoisotopic (exact) mass is 261 g/mol. The number of carbonyl (C=O) groups excluding carboxylic acids is 1. The van der Waals surface area contributed by atoms with Gasteiger partial charge in [0.1, 0.15) is 5.69 Å². The molecule has 0 bridgehead atoms. The highest BCUT2D eigenvalue weighted by atomic mass is 16.1. The second-order valence-electron chi connectivity index (χ2n) is 4.84. The Balaban J connectivity index is 2.10. The van der Waals surface area contributed by atoms with E-state index in [9.17, 15) is 4.79 Å². The number of carbonyl (C=O) groups is 1. The first kappa shape index (κ1) is 13.3. The zero-order valence-electron chi connectivity index (χ0n) is 11.7. The first-order chi connectivity index (χ1) is 9.00. The first-order valence-electron chi connectivity index (χ1n) is 6.32. The molecule has 0 aliphatic carbocycles. The highest BCUT2D eigenvalue weighted by Gasteiger charge is 2.14. The molecule has 6 nitrogen and oxygen atoms in total. The summed E-state index contributed by atoms with van der Waals surface area (Å²) in [4.78, 5) is 18.4. The molecule has 2 N–H and O–H groups in total. The van der Waals surface area contributed by atoms with Crippen LogP contribution in [-0.4, -0.2) is 25.7 Å². The number of rotatable bonds is 4. The van der Waals surface area contributed by atoms with Crippen molar-refractivity contribution in [1.82, 2.24) is 25.1 Å². The van der Waals surface area contributed by atoms with Gasteiger partial charge in [0.2, 0.25) is 0 Å². The zero-order chi connectivity index (χ0) is 14.0. The summed E-state index contributed by atoms with van der Waals surface area (Å²) in [5, 5.41) is 7.37. The largest absolute Gasteiger partial charge is 0.347 e. The molecule has 0 unspecified atom stereocenters. The Kier molecular flexibility index (Phi) is 3.69. The Bertz CT molecular complexity index is 568. The molecule has 0 aliphatic heterocycles. The molecule has 0 aromatic carbocycles. The molecule has 102 valence electrons. The van der Waals surface area contributed by atoms with Gasteiger partial charge in [-0.1, -0.05) is 0 Å².